The van der Waals surface area contributed by atoms with E-state index in [0.717, 1.165) is 18.4 Å². The molecule has 1 rings (SSSR count). The molecule has 1 aromatic carbocycles. The molecule has 0 bridgehead atoms. The van der Waals surface area contributed by atoms with Gasteiger partial charge in [0, 0.05) is 18.1 Å². The average molecular weight is 241 g/mol. The number of urea groups is 1. The number of halogens is 1. The molecular formula is C12H17ClN2O. The van der Waals surface area contributed by atoms with Gasteiger partial charge in [-0.2, -0.15) is 0 Å². The van der Waals surface area contributed by atoms with Crippen molar-refractivity contribution in [3.05, 3.63) is 34.9 Å². The normalized spacial score (nSPS) is 9.88. The van der Waals surface area contributed by atoms with Crippen molar-refractivity contribution in [2.24, 2.45) is 0 Å². The van der Waals surface area contributed by atoms with Crippen LogP contribution in [0.2, 0.25) is 5.02 Å². The highest BCUT2D eigenvalue weighted by Crippen LogP contribution is 2.13. The second kappa shape index (κ2) is 7.12. The van der Waals surface area contributed by atoms with Crippen LogP contribution in [-0.2, 0) is 6.54 Å². The van der Waals surface area contributed by atoms with E-state index in [4.69, 9.17) is 11.6 Å². The Morgan fingerprint density at radius 1 is 1.31 bits per heavy atom. The van der Waals surface area contributed by atoms with Crippen LogP contribution in [0.4, 0.5) is 4.79 Å². The monoisotopic (exact) mass is 240 g/mol. The fourth-order valence-corrected chi connectivity index (χ4v) is 1.46. The van der Waals surface area contributed by atoms with Gasteiger partial charge in [-0.1, -0.05) is 43.1 Å². The number of unbranched alkanes of at least 4 members (excludes halogenated alkanes) is 1. The van der Waals surface area contributed by atoms with Crippen LogP contribution in [0.3, 0.4) is 0 Å². The fraction of sp³-hybridized carbons (Fsp3) is 0.417. The van der Waals surface area contributed by atoms with Crippen LogP contribution in [0, 0.1) is 0 Å². The van der Waals surface area contributed by atoms with E-state index in [9.17, 15) is 4.79 Å². The van der Waals surface area contributed by atoms with Gasteiger partial charge in [-0.05, 0) is 18.1 Å². The highest BCUT2D eigenvalue weighted by Gasteiger charge is 2.01. The zero-order valence-corrected chi connectivity index (χ0v) is 10.2. The second-order valence-electron chi connectivity index (χ2n) is 3.55. The molecule has 0 saturated heterocycles. The summed E-state index contributed by atoms with van der Waals surface area (Å²) in [7, 11) is 0. The van der Waals surface area contributed by atoms with Gasteiger partial charge in [0.25, 0.3) is 0 Å². The van der Waals surface area contributed by atoms with Crippen LogP contribution >= 0.6 is 11.6 Å². The summed E-state index contributed by atoms with van der Waals surface area (Å²) in [5.74, 6) is 0. The van der Waals surface area contributed by atoms with Crippen LogP contribution in [0.25, 0.3) is 0 Å². The quantitative estimate of drug-likeness (QED) is 0.764. The van der Waals surface area contributed by atoms with Crippen molar-refractivity contribution in [2.45, 2.75) is 26.3 Å². The molecular weight excluding hydrogens is 224 g/mol. The second-order valence-corrected chi connectivity index (χ2v) is 3.96. The minimum atomic E-state index is -0.145. The van der Waals surface area contributed by atoms with Gasteiger partial charge < -0.3 is 10.6 Å². The van der Waals surface area contributed by atoms with Gasteiger partial charge in [-0.3, -0.25) is 0 Å². The standard InChI is InChI=1S/C12H17ClN2O/c1-2-3-8-14-12(16)15-9-10-6-4-5-7-11(10)13/h4-7H,2-3,8-9H2,1H3,(H2,14,15,16). The molecule has 2 N–H and O–H groups in total. The van der Waals surface area contributed by atoms with Crippen LogP contribution in [0.5, 0.6) is 0 Å². The maximum atomic E-state index is 11.3. The molecule has 0 aliphatic rings. The Kier molecular flexibility index (Phi) is 5.72. The maximum absolute atomic E-state index is 11.3. The summed E-state index contributed by atoms with van der Waals surface area (Å²) < 4.78 is 0. The van der Waals surface area contributed by atoms with E-state index in [2.05, 4.69) is 17.6 Å². The van der Waals surface area contributed by atoms with E-state index in [1.165, 1.54) is 0 Å². The maximum Gasteiger partial charge on any atom is 0.315 e. The van der Waals surface area contributed by atoms with Gasteiger partial charge in [0.1, 0.15) is 0 Å². The number of amides is 2. The third-order valence-corrected chi connectivity index (χ3v) is 2.58. The number of rotatable bonds is 5. The summed E-state index contributed by atoms with van der Waals surface area (Å²) in [6, 6.07) is 7.33. The summed E-state index contributed by atoms with van der Waals surface area (Å²) in [5.41, 5.74) is 0.926. The summed E-state index contributed by atoms with van der Waals surface area (Å²) in [6.45, 7) is 3.26. The predicted octanol–water partition coefficient (Wildman–Crippen LogP) is 2.94. The number of carbonyl (C=O) groups is 1. The lowest BCUT2D eigenvalue weighted by Crippen LogP contribution is -2.35. The van der Waals surface area contributed by atoms with E-state index < -0.39 is 0 Å². The van der Waals surface area contributed by atoms with Crippen molar-refractivity contribution in [3.63, 3.8) is 0 Å². The molecule has 0 aliphatic heterocycles. The molecule has 0 saturated carbocycles. The smallest absolute Gasteiger partial charge is 0.315 e. The lowest BCUT2D eigenvalue weighted by Gasteiger charge is -2.08. The molecule has 0 aromatic heterocycles. The number of hydrogen-bond donors (Lipinski definition) is 2. The molecule has 0 unspecified atom stereocenters. The minimum absolute atomic E-state index is 0.145. The minimum Gasteiger partial charge on any atom is -0.338 e. The van der Waals surface area contributed by atoms with E-state index in [1.807, 2.05) is 24.3 Å². The van der Waals surface area contributed by atoms with Gasteiger partial charge >= 0.3 is 6.03 Å². The molecule has 1 aromatic rings. The van der Waals surface area contributed by atoms with Crippen molar-refractivity contribution in [3.8, 4) is 0 Å². The molecule has 0 atom stereocenters. The van der Waals surface area contributed by atoms with Crippen LogP contribution in [-0.4, -0.2) is 12.6 Å². The number of hydrogen-bond acceptors (Lipinski definition) is 1. The molecule has 0 heterocycles. The predicted molar refractivity (Wildman–Crippen MR) is 66.6 cm³/mol. The number of nitrogens with one attached hydrogen (secondary N) is 2. The first-order valence-corrected chi connectivity index (χ1v) is 5.87. The SMILES string of the molecule is CCCCNC(=O)NCc1ccccc1Cl. The average Bonchev–Trinajstić information content (AvgIpc) is 2.28. The lowest BCUT2D eigenvalue weighted by molar-refractivity contribution is 0.240. The Balaban J connectivity index is 2.29. The lowest BCUT2D eigenvalue weighted by atomic mass is 10.2. The van der Waals surface area contributed by atoms with Gasteiger partial charge in [-0.15, -0.1) is 0 Å². The Labute approximate surface area is 101 Å². The Morgan fingerprint density at radius 3 is 2.75 bits per heavy atom. The molecule has 3 nitrogen and oxygen atoms in total. The molecule has 88 valence electrons. The zero-order chi connectivity index (χ0) is 11.8. The van der Waals surface area contributed by atoms with E-state index in [0.29, 0.717) is 18.1 Å². The van der Waals surface area contributed by atoms with E-state index in [1.54, 1.807) is 0 Å². The zero-order valence-electron chi connectivity index (χ0n) is 9.42. The summed E-state index contributed by atoms with van der Waals surface area (Å²) in [6.07, 6.45) is 2.07. The first-order chi connectivity index (χ1) is 7.74. The Morgan fingerprint density at radius 2 is 2.06 bits per heavy atom. The Bertz CT molecular complexity index is 342. The molecule has 2 amide bonds. The van der Waals surface area contributed by atoms with Gasteiger partial charge in [0.05, 0.1) is 0 Å². The van der Waals surface area contributed by atoms with E-state index >= 15 is 0 Å². The van der Waals surface area contributed by atoms with Crippen molar-refractivity contribution < 1.29 is 4.79 Å². The van der Waals surface area contributed by atoms with Gasteiger partial charge in [-0.25, -0.2) is 4.79 Å². The molecule has 16 heavy (non-hydrogen) atoms. The topological polar surface area (TPSA) is 41.1 Å². The van der Waals surface area contributed by atoms with Crippen LogP contribution in [0.15, 0.2) is 24.3 Å². The summed E-state index contributed by atoms with van der Waals surface area (Å²) >= 11 is 5.96. The highest BCUT2D eigenvalue weighted by molar-refractivity contribution is 6.31. The molecule has 0 fully saturated rings. The van der Waals surface area contributed by atoms with Crippen LogP contribution in [0.1, 0.15) is 25.3 Å². The van der Waals surface area contributed by atoms with Crippen molar-refractivity contribution in [1.82, 2.24) is 10.6 Å². The van der Waals surface area contributed by atoms with Crippen LogP contribution < -0.4 is 10.6 Å². The van der Waals surface area contributed by atoms with Crippen molar-refractivity contribution in [2.75, 3.05) is 6.54 Å². The molecule has 0 spiro atoms. The number of carbonyl (C=O) groups excluding carboxylic acids is 1. The number of benzene rings is 1. The first kappa shape index (κ1) is 12.8. The summed E-state index contributed by atoms with van der Waals surface area (Å²) in [4.78, 5) is 11.3. The largest absolute Gasteiger partial charge is 0.338 e. The highest BCUT2D eigenvalue weighted by atomic mass is 35.5. The van der Waals surface area contributed by atoms with Crippen molar-refractivity contribution >= 4 is 17.6 Å². The third-order valence-electron chi connectivity index (χ3n) is 2.21. The van der Waals surface area contributed by atoms with Gasteiger partial charge in [0.15, 0.2) is 0 Å². The third kappa shape index (κ3) is 4.53. The fourth-order valence-electron chi connectivity index (χ4n) is 1.26. The van der Waals surface area contributed by atoms with Crippen molar-refractivity contribution in [1.29, 1.82) is 0 Å². The molecule has 4 heteroatoms. The first-order valence-electron chi connectivity index (χ1n) is 5.49. The summed E-state index contributed by atoms with van der Waals surface area (Å²) in [5, 5.41) is 6.22. The van der Waals surface area contributed by atoms with E-state index in [-0.39, 0.29) is 6.03 Å². The molecule has 0 radical (unpaired) electrons. The van der Waals surface area contributed by atoms with Gasteiger partial charge in [0.2, 0.25) is 0 Å². The molecule has 0 aliphatic carbocycles. The Hall–Kier alpha value is -1.22.